The third-order valence-corrected chi connectivity index (χ3v) is 6.84. The predicted octanol–water partition coefficient (Wildman–Crippen LogP) is 3.36. The highest BCUT2D eigenvalue weighted by atomic mass is 16.2. The number of carbonyl (C=O) groups is 1. The van der Waals surface area contributed by atoms with Crippen molar-refractivity contribution in [3.63, 3.8) is 0 Å². The molecule has 0 aromatic carbocycles. The standard InChI is InChI=1S/C23H32N6O/c1-15-18-7-6-11-28(13-17-9-10-17)22(18)25-21(24-15)20-8-4-5-12-29(20)23(30)19-14-27(3)26-16(19)2/h14,17,20H,4-13H2,1-3H3/t20-/m0/s1. The van der Waals surface area contributed by atoms with Gasteiger partial charge in [-0.05, 0) is 64.7 Å². The van der Waals surface area contributed by atoms with Crippen LogP contribution in [0.5, 0.6) is 0 Å². The van der Waals surface area contributed by atoms with E-state index in [0.29, 0.717) is 5.56 Å². The number of likely N-dealkylation sites (tertiary alicyclic amines) is 1. The summed E-state index contributed by atoms with van der Waals surface area (Å²) >= 11 is 0. The highest BCUT2D eigenvalue weighted by Crippen LogP contribution is 2.37. The van der Waals surface area contributed by atoms with Crippen molar-refractivity contribution in [1.82, 2.24) is 24.6 Å². The number of nitrogens with zero attached hydrogens (tertiary/aromatic N) is 6. The van der Waals surface area contributed by atoms with Gasteiger partial charge < -0.3 is 9.80 Å². The largest absolute Gasteiger partial charge is 0.356 e. The molecule has 7 heteroatoms. The molecule has 1 saturated carbocycles. The van der Waals surface area contributed by atoms with Gasteiger partial charge in [0.25, 0.3) is 5.91 Å². The molecule has 0 bridgehead atoms. The molecule has 1 saturated heterocycles. The number of hydrogen-bond donors (Lipinski definition) is 0. The molecule has 3 aliphatic rings. The molecule has 30 heavy (non-hydrogen) atoms. The van der Waals surface area contributed by atoms with Crippen molar-refractivity contribution >= 4 is 11.7 Å². The van der Waals surface area contributed by atoms with E-state index in [9.17, 15) is 4.79 Å². The molecule has 160 valence electrons. The van der Waals surface area contributed by atoms with Crippen LogP contribution in [-0.2, 0) is 13.5 Å². The highest BCUT2D eigenvalue weighted by Gasteiger charge is 2.34. The molecule has 2 fully saturated rings. The van der Waals surface area contributed by atoms with Gasteiger partial charge in [-0.15, -0.1) is 0 Å². The van der Waals surface area contributed by atoms with Gasteiger partial charge in [-0.25, -0.2) is 9.97 Å². The molecule has 4 heterocycles. The van der Waals surface area contributed by atoms with Gasteiger partial charge in [-0.2, -0.15) is 5.10 Å². The maximum Gasteiger partial charge on any atom is 0.257 e. The van der Waals surface area contributed by atoms with E-state index >= 15 is 0 Å². The van der Waals surface area contributed by atoms with E-state index in [1.807, 2.05) is 25.1 Å². The average Bonchev–Trinajstić information content (AvgIpc) is 3.49. The molecular formula is C23H32N6O. The van der Waals surface area contributed by atoms with Crippen LogP contribution in [0, 0.1) is 19.8 Å². The van der Waals surface area contributed by atoms with Crippen LogP contribution in [0.1, 0.15) is 77.7 Å². The second-order valence-corrected chi connectivity index (χ2v) is 9.27. The first-order valence-corrected chi connectivity index (χ1v) is 11.4. The van der Waals surface area contributed by atoms with Crippen molar-refractivity contribution in [2.75, 3.05) is 24.5 Å². The van der Waals surface area contributed by atoms with Gasteiger partial charge >= 0.3 is 0 Å². The molecule has 1 atom stereocenters. The first-order valence-electron chi connectivity index (χ1n) is 11.4. The number of hydrogen-bond acceptors (Lipinski definition) is 5. The van der Waals surface area contributed by atoms with Gasteiger partial charge in [0.2, 0.25) is 0 Å². The first kappa shape index (κ1) is 19.5. The number of amides is 1. The molecule has 0 unspecified atom stereocenters. The SMILES string of the molecule is Cc1nn(C)cc1C(=O)N1CCCC[C@H]1c1nc(C)c2c(n1)N(CC1CC1)CCC2. The summed E-state index contributed by atoms with van der Waals surface area (Å²) in [4.78, 5) is 27.9. The summed E-state index contributed by atoms with van der Waals surface area (Å²) in [6, 6.07) is -0.0560. The molecule has 2 aromatic rings. The van der Waals surface area contributed by atoms with Crippen molar-refractivity contribution in [2.24, 2.45) is 13.0 Å². The second kappa shape index (κ2) is 7.67. The third-order valence-electron chi connectivity index (χ3n) is 6.84. The van der Waals surface area contributed by atoms with E-state index in [2.05, 4.69) is 16.9 Å². The summed E-state index contributed by atoms with van der Waals surface area (Å²) in [7, 11) is 1.86. The van der Waals surface area contributed by atoms with E-state index in [4.69, 9.17) is 9.97 Å². The fraction of sp³-hybridized carbons (Fsp3) is 0.652. The Morgan fingerprint density at radius 1 is 1.07 bits per heavy atom. The van der Waals surface area contributed by atoms with E-state index in [0.717, 1.165) is 74.3 Å². The smallest absolute Gasteiger partial charge is 0.257 e. The van der Waals surface area contributed by atoms with Crippen molar-refractivity contribution in [1.29, 1.82) is 0 Å². The number of carbonyl (C=O) groups excluding carboxylic acids is 1. The Morgan fingerprint density at radius 3 is 2.63 bits per heavy atom. The normalized spacial score (nSPS) is 21.6. The zero-order chi connectivity index (χ0) is 20.8. The first-order chi connectivity index (χ1) is 14.5. The Morgan fingerprint density at radius 2 is 1.90 bits per heavy atom. The van der Waals surface area contributed by atoms with Crippen molar-refractivity contribution in [3.8, 4) is 0 Å². The van der Waals surface area contributed by atoms with E-state index in [1.165, 1.54) is 24.8 Å². The van der Waals surface area contributed by atoms with Crippen LogP contribution in [0.25, 0.3) is 0 Å². The van der Waals surface area contributed by atoms with Gasteiger partial charge in [-0.1, -0.05) is 0 Å². The van der Waals surface area contributed by atoms with Crippen molar-refractivity contribution in [3.05, 3.63) is 34.5 Å². The van der Waals surface area contributed by atoms with Crippen molar-refractivity contribution < 1.29 is 4.79 Å². The summed E-state index contributed by atoms with van der Waals surface area (Å²) in [5.74, 6) is 2.84. The fourth-order valence-corrected chi connectivity index (χ4v) is 5.06. The maximum atomic E-state index is 13.4. The third kappa shape index (κ3) is 3.59. The summed E-state index contributed by atoms with van der Waals surface area (Å²) < 4.78 is 1.72. The highest BCUT2D eigenvalue weighted by molar-refractivity contribution is 5.95. The maximum absolute atomic E-state index is 13.4. The monoisotopic (exact) mass is 408 g/mol. The topological polar surface area (TPSA) is 67.2 Å². The van der Waals surface area contributed by atoms with Crippen LogP contribution in [0.15, 0.2) is 6.20 Å². The Hall–Kier alpha value is -2.44. The van der Waals surface area contributed by atoms with Crippen molar-refractivity contribution in [2.45, 2.75) is 64.8 Å². The lowest BCUT2D eigenvalue weighted by Gasteiger charge is -2.36. The zero-order valence-corrected chi connectivity index (χ0v) is 18.4. The Balaban J connectivity index is 1.49. The lowest BCUT2D eigenvalue weighted by atomic mass is 9.98. The quantitative estimate of drug-likeness (QED) is 0.776. The molecule has 0 spiro atoms. The van der Waals surface area contributed by atoms with E-state index in [1.54, 1.807) is 4.68 Å². The van der Waals surface area contributed by atoms with E-state index in [-0.39, 0.29) is 11.9 Å². The summed E-state index contributed by atoms with van der Waals surface area (Å²) in [6.07, 6.45) is 9.81. The molecule has 2 aromatic heterocycles. The Bertz CT molecular complexity index is 963. The van der Waals surface area contributed by atoms with Gasteiger partial charge in [0, 0.05) is 44.1 Å². The predicted molar refractivity (Wildman–Crippen MR) is 116 cm³/mol. The molecule has 5 rings (SSSR count). The number of aromatic nitrogens is 4. The number of piperidine rings is 1. The molecular weight excluding hydrogens is 376 g/mol. The fourth-order valence-electron chi connectivity index (χ4n) is 5.06. The van der Waals surface area contributed by atoms with Gasteiger partial charge in [-0.3, -0.25) is 9.48 Å². The molecule has 2 aliphatic heterocycles. The van der Waals surface area contributed by atoms with Gasteiger partial charge in [0.1, 0.15) is 5.82 Å². The molecule has 1 amide bonds. The van der Waals surface area contributed by atoms with Crippen LogP contribution in [-0.4, -0.2) is 50.2 Å². The van der Waals surface area contributed by atoms with Crippen LogP contribution in [0.4, 0.5) is 5.82 Å². The van der Waals surface area contributed by atoms with Gasteiger partial charge in [0.15, 0.2) is 5.82 Å². The number of anilines is 1. The molecule has 0 N–H and O–H groups in total. The summed E-state index contributed by atoms with van der Waals surface area (Å²) in [5, 5.41) is 4.37. The number of rotatable bonds is 4. The lowest BCUT2D eigenvalue weighted by Crippen LogP contribution is -2.40. The summed E-state index contributed by atoms with van der Waals surface area (Å²) in [5.41, 5.74) is 3.87. The Labute approximate surface area is 178 Å². The zero-order valence-electron chi connectivity index (χ0n) is 18.4. The number of aryl methyl sites for hydroxylation is 3. The molecule has 0 radical (unpaired) electrons. The average molecular weight is 409 g/mol. The summed E-state index contributed by atoms with van der Waals surface area (Å²) in [6.45, 7) is 6.97. The minimum absolute atomic E-state index is 0.0547. The molecule has 7 nitrogen and oxygen atoms in total. The minimum atomic E-state index is -0.0560. The van der Waals surface area contributed by atoms with E-state index < -0.39 is 0 Å². The second-order valence-electron chi connectivity index (χ2n) is 9.27. The van der Waals surface area contributed by atoms with Crippen LogP contribution in [0.3, 0.4) is 0 Å². The van der Waals surface area contributed by atoms with Crippen LogP contribution in [0.2, 0.25) is 0 Å². The Kier molecular flexibility index (Phi) is 4.99. The van der Waals surface area contributed by atoms with Gasteiger partial charge in [0.05, 0.1) is 17.3 Å². The lowest BCUT2D eigenvalue weighted by molar-refractivity contribution is 0.0598. The molecule has 1 aliphatic carbocycles. The van der Waals surface area contributed by atoms with Crippen LogP contribution >= 0.6 is 0 Å². The van der Waals surface area contributed by atoms with Crippen LogP contribution < -0.4 is 4.90 Å². The minimum Gasteiger partial charge on any atom is -0.356 e. The number of fused-ring (bicyclic) bond motifs is 1.